The van der Waals surface area contributed by atoms with Crippen molar-refractivity contribution in [3.05, 3.63) is 83.9 Å². The van der Waals surface area contributed by atoms with E-state index < -0.39 is 0 Å². The summed E-state index contributed by atoms with van der Waals surface area (Å²) in [4.78, 5) is 11.8. The third kappa shape index (κ3) is 5.33. The topological polar surface area (TPSA) is 82.1 Å². The minimum absolute atomic E-state index is 0.0291. The molecule has 1 aliphatic rings. The number of rotatable bonds is 8. The van der Waals surface area contributed by atoms with Crippen molar-refractivity contribution in [2.24, 2.45) is 0 Å². The van der Waals surface area contributed by atoms with E-state index in [0.717, 1.165) is 63.6 Å². The molecule has 1 saturated heterocycles. The molecule has 0 bridgehead atoms. The molecule has 0 radical (unpaired) electrons. The number of hydrogen-bond donors (Lipinski definition) is 4. The maximum atomic E-state index is 9.70. The molecule has 3 aromatic carbocycles. The summed E-state index contributed by atoms with van der Waals surface area (Å²) in [5.74, 6) is 1.50. The molecule has 0 saturated carbocycles. The lowest BCUT2D eigenvalue weighted by atomic mass is 10.1. The Morgan fingerprint density at radius 1 is 0.853 bits per heavy atom. The minimum Gasteiger partial charge on any atom is -0.392 e. The normalized spacial score (nSPS) is 14.3. The van der Waals surface area contributed by atoms with Crippen molar-refractivity contribution in [3.8, 4) is 0 Å². The van der Waals surface area contributed by atoms with Crippen molar-refractivity contribution in [2.45, 2.75) is 41.8 Å². The van der Waals surface area contributed by atoms with E-state index >= 15 is 0 Å². The second-order valence-electron chi connectivity index (χ2n) is 8.41. The molecule has 4 aromatic rings. The van der Waals surface area contributed by atoms with Gasteiger partial charge in [0.15, 0.2) is 0 Å². The Kier molecular flexibility index (Phi) is 7.24. The quantitative estimate of drug-likeness (QED) is 0.286. The predicted octanol–water partition coefficient (Wildman–Crippen LogP) is 5.05. The molecular weight excluding hydrogens is 442 g/mol. The van der Waals surface area contributed by atoms with Gasteiger partial charge in [-0.25, -0.2) is 4.98 Å². The molecule has 0 spiro atoms. The van der Waals surface area contributed by atoms with Gasteiger partial charge in [0.25, 0.3) is 0 Å². The highest BCUT2D eigenvalue weighted by molar-refractivity contribution is 7.99. The molecule has 6 nitrogen and oxygen atoms in total. The van der Waals surface area contributed by atoms with Crippen LogP contribution >= 0.6 is 11.8 Å². The summed E-state index contributed by atoms with van der Waals surface area (Å²) in [6, 6.07) is 24.8. The zero-order chi connectivity index (χ0) is 23.2. The SMILES string of the molecule is OCc1ccccc1Sc1ccccc1CNc1nc(NC2CCNCC2)c2ccccc2n1. The van der Waals surface area contributed by atoms with Crippen molar-refractivity contribution in [1.82, 2.24) is 15.3 Å². The Balaban J connectivity index is 1.37. The Morgan fingerprint density at radius 2 is 1.53 bits per heavy atom. The molecule has 0 aliphatic carbocycles. The third-order valence-electron chi connectivity index (χ3n) is 6.06. The van der Waals surface area contributed by atoms with Crippen LogP contribution in [0.3, 0.4) is 0 Å². The van der Waals surface area contributed by atoms with Crippen molar-refractivity contribution >= 4 is 34.4 Å². The van der Waals surface area contributed by atoms with E-state index in [4.69, 9.17) is 9.97 Å². The molecule has 1 fully saturated rings. The highest BCUT2D eigenvalue weighted by Gasteiger charge is 2.16. The van der Waals surface area contributed by atoms with Gasteiger partial charge in [-0.05, 0) is 61.3 Å². The van der Waals surface area contributed by atoms with Gasteiger partial charge in [0.2, 0.25) is 5.95 Å². The number of aliphatic hydroxyl groups is 1. The number of piperidine rings is 1. The summed E-state index contributed by atoms with van der Waals surface area (Å²) in [5, 5.41) is 21.3. The first kappa shape index (κ1) is 22.7. The van der Waals surface area contributed by atoms with E-state index in [9.17, 15) is 5.11 Å². The Morgan fingerprint density at radius 3 is 2.32 bits per heavy atom. The lowest BCUT2D eigenvalue weighted by molar-refractivity contribution is 0.279. The molecule has 0 atom stereocenters. The fourth-order valence-corrected chi connectivity index (χ4v) is 5.27. The van der Waals surface area contributed by atoms with Gasteiger partial charge in [-0.15, -0.1) is 0 Å². The summed E-state index contributed by atoms with van der Waals surface area (Å²) >= 11 is 1.67. The summed E-state index contributed by atoms with van der Waals surface area (Å²) in [7, 11) is 0. The zero-order valence-electron chi connectivity index (χ0n) is 19.0. The van der Waals surface area contributed by atoms with Gasteiger partial charge in [0.05, 0.1) is 12.1 Å². The molecule has 34 heavy (non-hydrogen) atoms. The molecule has 1 aromatic heterocycles. The average Bonchev–Trinajstić information content (AvgIpc) is 2.89. The second kappa shape index (κ2) is 10.9. The van der Waals surface area contributed by atoms with E-state index in [1.54, 1.807) is 11.8 Å². The van der Waals surface area contributed by atoms with Gasteiger partial charge in [0.1, 0.15) is 5.82 Å². The maximum Gasteiger partial charge on any atom is 0.225 e. The lowest BCUT2D eigenvalue weighted by Crippen LogP contribution is -2.35. The Hall–Kier alpha value is -3.13. The Labute approximate surface area is 204 Å². The van der Waals surface area contributed by atoms with Crippen LogP contribution in [0.5, 0.6) is 0 Å². The number of aromatic nitrogens is 2. The number of fused-ring (bicyclic) bond motifs is 1. The average molecular weight is 472 g/mol. The van der Waals surface area contributed by atoms with E-state index in [1.807, 2.05) is 54.6 Å². The van der Waals surface area contributed by atoms with Crippen molar-refractivity contribution in [3.63, 3.8) is 0 Å². The zero-order valence-corrected chi connectivity index (χ0v) is 19.8. The highest BCUT2D eigenvalue weighted by atomic mass is 32.2. The van der Waals surface area contributed by atoms with Crippen LogP contribution < -0.4 is 16.0 Å². The van der Waals surface area contributed by atoms with Crippen LogP contribution in [0.25, 0.3) is 10.9 Å². The number of nitrogens with zero attached hydrogens (tertiary/aromatic N) is 2. The third-order valence-corrected chi connectivity index (χ3v) is 7.29. The first-order valence-electron chi connectivity index (χ1n) is 11.7. The van der Waals surface area contributed by atoms with Crippen molar-refractivity contribution in [1.29, 1.82) is 0 Å². The molecule has 5 rings (SSSR count). The van der Waals surface area contributed by atoms with E-state index in [-0.39, 0.29) is 6.61 Å². The molecule has 0 amide bonds. The standard InChI is InChI=1S/C27H29N5OS/c33-18-20-8-2-6-12-25(20)34-24-11-5-1-7-19(24)17-29-27-31-23-10-4-3-9-22(23)26(32-27)30-21-13-15-28-16-14-21/h1-12,21,28,33H,13-18H2,(H2,29,30,31,32). The lowest BCUT2D eigenvalue weighted by Gasteiger charge is -2.25. The summed E-state index contributed by atoms with van der Waals surface area (Å²) < 4.78 is 0. The van der Waals surface area contributed by atoms with Gasteiger partial charge in [-0.3, -0.25) is 0 Å². The summed E-state index contributed by atoms with van der Waals surface area (Å²) in [6.45, 7) is 2.69. The largest absolute Gasteiger partial charge is 0.392 e. The number of hydrogen-bond acceptors (Lipinski definition) is 7. The second-order valence-corrected chi connectivity index (χ2v) is 9.49. The van der Waals surface area contributed by atoms with E-state index in [0.29, 0.717) is 18.5 Å². The van der Waals surface area contributed by atoms with Crippen molar-refractivity contribution < 1.29 is 5.11 Å². The van der Waals surface area contributed by atoms with E-state index in [2.05, 4.69) is 34.1 Å². The smallest absolute Gasteiger partial charge is 0.225 e. The predicted molar refractivity (Wildman–Crippen MR) is 139 cm³/mol. The van der Waals surface area contributed by atoms with Gasteiger partial charge in [-0.2, -0.15) is 4.98 Å². The molecule has 174 valence electrons. The van der Waals surface area contributed by atoms with Crippen LogP contribution in [0.15, 0.2) is 82.6 Å². The van der Waals surface area contributed by atoms with Gasteiger partial charge in [-0.1, -0.05) is 60.3 Å². The molecular formula is C27H29N5OS. The first-order valence-corrected chi connectivity index (χ1v) is 12.5. The van der Waals surface area contributed by atoms with Gasteiger partial charge < -0.3 is 21.1 Å². The Bertz CT molecular complexity index is 1260. The van der Waals surface area contributed by atoms with Crippen LogP contribution in [-0.4, -0.2) is 34.2 Å². The number of para-hydroxylation sites is 1. The maximum absolute atomic E-state index is 9.70. The van der Waals surface area contributed by atoms with Crippen LogP contribution in [0.1, 0.15) is 24.0 Å². The van der Waals surface area contributed by atoms with Gasteiger partial charge >= 0.3 is 0 Å². The van der Waals surface area contributed by atoms with Gasteiger partial charge in [0, 0.05) is 27.8 Å². The summed E-state index contributed by atoms with van der Waals surface area (Å²) in [5.41, 5.74) is 3.02. The monoisotopic (exact) mass is 471 g/mol. The van der Waals surface area contributed by atoms with Crippen LogP contribution in [0.4, 0.5) is 11.8 Å². The van der Waals surface area contributed by atoms with Crippen LogP contribution in [0, 0.1) is 0 Å². The van der Waals surface area contributed by atoms with Crippen LogP contribution in [0.2, 0.25) is 0 Å². The van der Waals surface area contributed by atoms with Crippen LogP contribution in [-0.2, 0) is 13.2 Å². The van der Waals surface area contributed by atoms with Crippen molar-refractivity contribution in [2.75, 3.05) is 23.7 Å². The molecule has 1 aliphatic heterocycles. The molecule has 0 unspecified atom stereocenters. The fraction of sp³-hybridized carbons (Fsp3) is 0.259. The highest BCUT2D eigenvalue weighted by Crippen LogP contribution is 2.33. The number of nitrogens with one attached hydrogen (secondary N) is 3. The molecule has 7 heteroatoms. The number of aliphatic hydroxyl groups excluding tert-OH is 1. The number of anilines is 2. The molecule has 4 N–H and O–H groups in total. The first-order chi connectivity index (χ1) is 16.8. The molecule has 2 heterocycles. The summed E-state index contributed by atoms with van der Waals surface area (Å²) in [6.07, 6.45) is 2.17. The van der Waals surface area contributed by atoms with E-state index in [1.165, 1.54) is 0 Å². The number of benzene rings is 3. The fourth-order valence-electron chi connectivity index (χ4n) is 4.20. The minimum atomic E-state index is 0.0291.